The van der Waals surface area contributed by atoms with Crippen LogP contribution >= 0.6 is 0 Å². The number of carbonyl (C=O) groups excluding carboxylic acids is 1. The van der Waals surface area contributed by atoms with Gasteiger partial charge in [0, 0.05) is 12.1 Å². The Hall–Kier alpha value is -1.25. The summed E-state index contributed by atoms with van der Waals surface area (Å²) in [5.41, 5.74) is 0. The molecular weight excluding hydrogens is 176 g/mol. The molecule has 0 aliphatic rings. The predicted molar refractivity (Wildman–Crippen MR) is 60.2 cm³/mol. The summed E-state index contributed by atoms with van der Waals surface area (Å²) in [6.07, 6.45) is 5.16. The van der Waals surface area contributed by atoms with Gasteiger partial charge in [-0.15, -0.1) is 13.2 Å². The SMILES string of the molecule is C=CC(CC)NC(=O)NC(C=C)CC. The molecule has 0 fully saturated rings. The summed E-state index contributed by atoms with van der Waals surface area (Å²) in [4.78, 5) is 11.4. The number of carbonyl (C=O) groups is 1. The van der Waals surface area contributed by atoms with Crippen molar-refractivity contribution in [2.75, 3.05) is 0 Å². The molecule has 0 bridgehead atoms. The van der Waals surface area contributed by atoms with E-state index in [4.69, 9.17) is 0 Å². The van der Waals surface area contributed by atoms with Crippen molar-refractivity contribution in [3.63, 3.8) is 0 Å². The standard InChI is InChI=1S/C11H20N2O/c1-5-9(6-2)12-11(14)13-10(7-3)8-4/h5,7,9-10H,1,3,6,8H2,2,4H3,(H2,12,13,14). The summed E-state index contributed by atoms with van der Waals surface area (Å²) < 4.78 is 0. The highest BCUT2D eigenvalue weighted by Gasteiger charge is 2.08. The largest absolute Gasteiger partial charge is 0.332 e. The monoisotopic (exact) mass is 196 g/mol. The normalized spacial score (nSPS) is 13.9. The third-order valence-electron chi connectivity index (χ3n) is 2.08. The minimum atomic E-state index is -0.163. The number of urea groups is 1. The van der Waals surface area contributed by atoms with Crippen LogP contribution in [-0.2, 0) is 0 Å². The summed E-state index contributed by atoms with van der Waals surface area (Å²) in [5, 5.41) is 5.60. The van der Waals surface area contributed by atoms with Gasteiger partial charge in [0.1, 0.15) is 0 Å². The lowest BCUT2D eigenvalue weighted by atomic mass is 10.2. The summed E-state index contributed by atoms with van der Waals surface area (Å²) in [6, 6.07) is -0.0851. The van der Waals surface area contributed by atoms with Crippen LogP contribution in [0.25, 0.3) is 0 Å². The van der Waals surface area contributed by atoms with Gasteiger partial charge in [0.15, 0.2) is 0 Å². The Morgan fingerprint density at radius 1 is 1.14 bits per heavy atom. The Morgan fingerprint density at radius 3 is 1.71 bits per heavy atom. The smallest absolute Gasteiger partial charge is 0.315 e. The van der Waals surface area contributed by atoms with Crippen LogP contribution in [0.5, 0.6) is 0 Å². The van der Waals surface area contributed by atoms with Gasteiger partial charge in [-0.25, -0.2) is 4.79 Å². The first kappa shape index (κ1) is 12.8. The minimum Gasteiger partial charge on any atom is -0.332 e. The molecule has 0 saturated heterocycles. The second-order valence-electron chi connectivity index (χ2n) is 3.12. The Kier molecular flexibility index (Phi) is 6.54. The van der Waals surface area contributed by atoms with Crippen molar-refractivity contribution in [3.05, 3.63) is 25.3 Å². The van der Waals surface area contributed by atoms with E-state index in [1.807, 2.05) is 13.8 Å². The topological polar surface area (TPSA) is 41.1 Å². The number of hydrogen-bond donors (Lipinski definition) is 2. The summed E-state index contributed by atoms with van der Waals surface area (Å²) in [5.74, 6) is 0. The van der Waals surface area contributed by atoms with Crippen LogP contribution in [0.2, 0.25) is 0 Å². The second-order valence-corrected chi connectivity index (χ2v) is 3.12. The van der Waals surface area contributed by atoms with E-state index in [1.165, 1.54) is 0 Å². The van der Waals surface area contributed by atoms with Crippen molar-refractivity contribution >= 4 is 6.03 Å². The molecule has 0 aromatic rings. The molecule has 2 atom stereocenters. The molecule has 0 rings (SSSR count). The van der Waals surface area contributed by atoms with E-state index in [0.29, 0.717) is 0 Å². The fourth-order valence-electron chi connectivity index (χ4n) is 1.03. The highest BCUT2D eigenvalue weighted by Crippen LogP contribution is 1.94. The molecule has 2 amide bonds. The van der Waals surface area contributed by atoms with Gasteiger partial charge in [0.05, 0.1) is 0 Å². The lowest BCUT2D eigenvalue weighted by molar-refractivity contribution is 0.236. The third-order valence-corrected chi connectivity index (χ3v) is 2.08. The predicted octanol–water partition coefficient (Wildman–Crippen LogP) is 2.21. The van der Waals surface area contributed by atoms with Crippen molar-refractivity contribution in [1.29, 1.82) is 0 Å². The quantitative estimate of drug-likeness (QED) is 0.628. The van der Waals surface area contributed by atoms with Gasteiger partial charge in [-0.2, -0.15) is 0 Å². The highest BCUT2D eigenvalue weighted by molar-refractivity contribution is 5.75. The number of rotatable bonds is 6. The number of hydrogen-bond acceptors (Lipinski definition) is 1. The molecule has 0 aromatic heterocycles. The maximum absolute atomic E-state index is 11.4. The second kappa shape index (κ2) is 7.18. The molecule has 2 unspecified atom stereocenters. The van der Waals surface area contributed by atoms with Crippen LogP contribution in [0.15, 0.2) is 25.3 Å². The molecule has 0 aromatic carbocycles. The molecule has 0 aliphatic heterocycles. The van der Waals surface area contributed by atoms with Gasteiger partial charge in [-0.3, -0.25) is 0 Å². The molecule has 3 nitrogen and oxygen atoms in total. The van der Waals surface area contributed by atoms with Gasteiger partial charge in [0.25, 0.3) is 0 Å². The maximum atomic E-state index is 11.4. The van der Waals surface area contributed by atoms with E-state index in [-0.39, 0.29) is 18.1 Å². The fraction of sp³-hybridized carbons (Fsp3) is 0.545. The molecule has 0 radical (unpaired) electrons. The van der Waals surface area contributed by atoms with Crippen LogP contribution < -0.4 is 10.6 Å². The van der Waals surface area contributed by atoms with Gasteiger partial charge < -0.3 is 10.6 Å². The zero-order valence-electron chi connectivity index (χ0n) is 9.05. The molecule has 0 saturated carbocycles. The van der Waals surface area contributed by atoms with Crippen LogP contribution in [0.4, 0.5) is 4.79 Å². The van der Waals surface area contributed by atoms with E-state index in [0.717, 1.165) is 12.8 Å². The molecule has 3 heteroatoms. The van der Waals surface area contributed by atoms with Crippen LogP contribution in [0.3, 0.4) is 0 Å². The van der Waals surface area contributed by atoms with E-state index in [1.54, 1.807) is 12.2 Å². The van der Waals surface area contributed by atoms with Crippen molar-refractivity contribution in [2.45, 2.75) is 38.8 Å². The number of nitrogens with one attached hydrogen (secondary N) is 2. The Bertz CT molecular complexity index is 181. The van der Waals surface area contributed by atoms with Crippen molar-refractivity contribution in [2.24, 2.45) is 0 Å². The first-order chi connectivity index (χ1) is 6.67. The average molecular weight is 196 g/mol. The van der Waals surface area contributed by atoms with Crippen LogP contribution in [-0.4, -0.2) is 18.1 Å². The first-order valence-corrected chi connectivity index (χ1v) is 5.00. The Labute approximate surface area is 86.3 Å². The maximum Gasteiger partial charge on any atom is 0.315 e. The van der Waals surface area contributed by atoms with Gasteiger partial charge in [-0.05, 0) is 12.8 Å². The molecule has 0 spiro atoms. The molecule has 0 heterocycles. The van der Waals surface area contributed by atoms with Gasteiger partial charge in [-0.1, -0.05) is 26.0 Å². The lowest BCUT2D eigenvalue weighted by Crippen LogP contribution is -2.44. The molecule has 2 N–H and O–H groups in total. The molecule has 0 aliphatic carbocycles. The van der Waals surface area contributed by atoms with E-state index in [2.05, 4.69) is 23.8 Å². The summed E-state index contributed by atoms with van der Waals surface area (Å²) in [6.45, 7) is 11.3. The Balaban J connectivity index is 3.95. The molecule has 80 valence electrons. The zero-order chi connectivity index (χ0) is 11.0. The third kappa shape index (κ3) is 4.70. The Morgan fingerprint density at radius 2 is 1.50 bits per heavy atom. The minimum absolute atomic E-state index is 0.0392. The first-order valence-electron chi connectivity index (χ1n) is 5.00. The van der Waals surface area contributed by atoms with Crippen LogP contribution in [0.1, 0.15) is 26.7 Å². The highest BCUT2D eigenvalue weighted by atomic mass is 16.2. The molecule has 14 heavy (non-hydrogen) atoms. The molecular formula is C11H20N2O. The van der Waals surface area contributed by atoms with Crippen molar-refractivity contribution in [1.82, 2.24) is 10.6 Å². The lowest BCUT2D eigenvalue weighted by Gasteiger charge is -2.16. The van der Waals surface area contributed by atoms with E-state index in [9.17, 15) is 4.79 Å². The summed E-state index contributed by atoms with van der Waals surface area (Å²) >= 11 is 0. The van der Waals surface area contributed by atoms with Gasteiger partial charge in [0.2, 0.25) is 0 Å². The van der Waals surface area contributed by atoms with Gasteiger partial charge >= 0.3 is 6.03 Å². The van der Waals surface area contributed by atoms with Crippen molar-refractivity contribution < 1.29 is 4.79 Å². The van der Waals surface area contributed by atoms with Crippen molar-refractivity contribution in [3.8, 4) is 0 Å². The summed E-state index contributed by atoms with van der Waals surface area (Å²) in [7, 11) is 0. The average Bonchev–Trinajstić information content (AvgIpc) is 2.22. The van der Waals surface area contributed by atoms with E-state index >= 15 is 0 Å². The fourth-order valence-corrected chi connectivity index (χ4v) is 1.03. The van der Waals surface area contributed by atoms with E-state index < -0.39 is 0 Å². The zero-order valence-corrected chi connectivity index (χ0v) is 9.05. The van der Waals surface area contributed by atoms with Crippen LogP contribution in [0, 0.1) is 0 Å². The number of amides is 2.